The van der Waals surface area contributed by atoms with Crippen molar-refractivity contribution in [3.63, 3.8) is 0 Å². The standard InChI is InChI=1S/C25H22N2O3/c1-17(16-26-24(28)22-12-7-13-23-20(22)14-15-30-23)27-25(29)21-11-6-5-10-19(21)18-8-3-2-4-9-18/h2-15,17H,16H2,1H3,(H,26,28)(H,27,29). The van der Waals surface area contributed by atoms with E-state index in [0.29, 0.717) is 23.3 Å². The van der Waals surface area contributed by atoms with Gasteiger partial charge < -0.3 is 15.1 Å². The molecule has 0 aliphatic rings. The first kappa shape index (κ1) is 19.5. The molecule has 0 saturated carbocycles. The van der Waals surface area contributed by atoms with Gasteiger partial charge in [-0.25, -0.2) is 0 Å². The average molecular weight is 398 g/mol. The number of hydrogen-bond donors (Lipinski definition) is 2. The van der Waals surface area contributed by atoms with Crippen LogP contribution < -0.4 is 10.6 Å². The normalized spacial score (nSPS) is 11.8. The quantitative estimate of drug-likeness (QED) is 0.497. The van der Waals surface area contributed by atoms with Crippen molar-refractivity contribution in [2.75, 3.05) is 6.54 Å². The number of hydrogen-bond acceptors (Lipinski definition) is 3. The zero-order valence-corrected chi connectivity index (χ0v) is 16.6. The smallest absolute Gasteiger partial charge is 0.252 e. The molecule has 0 aliphatic carbocycles. The maximum atomic E-state index is 12.9. The van der Waals surface area contributed by atoms with Crippen molar-refractivity contribution >= 4 is 22.8 Å². The van der Waals surface area contributed by atoms with E-state index in [4.69, 9.17) is 4.42 Å². The van der Waals surface area contributed by atoms with Gasteiger partial charge >= 0.3 is 0 Å². The van der Waals surface area contributed by atoms with Gasteiger partial charge in [0.1, 0.15) is 5.58 Å². The third kappa shape index (κ3) is 4.10. The number of benzene rings is 3. The van der Waals surface area contributed by atoms with E-state index in [9.17, 15) is 9.59 Å². The first-order chi connectivity index (χ1) is 14.6. The molecule has 1 unspecified atom stereocenters. The van der Waals surface area contributed by atoms with Gasteiger partial charge in [0.15, 0.2) is 0 Å². The summed E-state index contributed by atoms with van der Waals surface area (Å²) in [5.74, 6) is -0.374. The van der Waals surface area contributed by atoms with Crippen molar-refractivity contribution < 1.29 is 14.0 Å². The van der Waals surface area contributed by atoms with Gasteiger partial charge in [0.2, 0.25) is 0 Å². The maximum absolute atomic E-state index is 12.9. The predicted molar refractivity (Wildman–Crippen MR) is 117 cm³/mol. The number of furan rings is 1. The first-order valence-electron chi connectivity index (χ1n) is 9.83. The first-order valence-corrected chi connectivity index (χ1v) is 9.83. The Kier molecular flexibility index (Phi) is 5.61. The van der Waals surface area contributed by atoms with Crippen LogP contribution in [0.15, 0.2) is 89.5 Å². The van der Waals surface area contributed by atoms with E-state index in [1.807, 2.05) is 67.6 Å². The van der Waals surface area contributed by atoms with Crippen LogP contribution in [0, 0.1) is 0 Å². The monoisotopic (exact) mass is 398 g/mol. The summed E-state index contributed by atoms with van der Waals surface area (Å²) >= 11 is 0. The zero-order valence-electron chi connectivity index (χ0n) is 16.6. The summed E-state index contributed by atoms with van der Waals surface area (Å²) in [5.41, 5.74) is 3.68. The highest BCUT2D eigenvalue weighted by molar-refractivity contribution is 6.06. The summed E-state index contributed by atoms with van der Waals surface area (Å²) in [4.78, 5) is 25.5. The molecular formula is C25H22N2O3. The predicted octanol–water partition coefficient (Wildman–Crippen LogP) is 4.65. The topological polar surface area (TPSA) is 71.3 Å². The molecule has 5 heteroatoms. The molecule has 30 heavy (non-hydrogen) atoms. The fourth-order valence-corrected chi connectivity index (χ4v) is 3.44. The fraction of sp³-hybridized carbons (Fsp3) is 0.120. The van der Waals surface area contributed by atoms with Crippen molar-refractivity contribution in [2.45, 2.75) is 13.0 Å². The van der Waals surface area contributed by atoms with Crippen molar-refractivity contribution in [3.8, 4) is 11.1 Å². The third-order valence-corrected chi connectivity index (χ3v) is 4.94. The van der Waals surface area contributed by atoms with Crippen LogP contribution in [0.2, 0.25) is 0 Å². The summed E-state index contributed by atoms with van der Waals surface area (Å²) < 4.78 is 5.35. The summed E-state index contributed by atoms with van der Waals surface area (Å²) in [6, 6.07) is 24.2. The molecule has 1 atom stereocenters. The van der Waals surface area contributed by atoms with Gasteiger partial charge in [-0.05, 0) is 42.3 Å². The Morgan fingerprint density at radius 1 is 0.833 bits per heavy atom. The molecule has 3 aromatic carbocycles. The Morgan fingerprint density at radius 3 is 2.40 bits per heavy atom. The number of rotatable bonds is 6. The molecule has 1 heterocycles. The third-order valence-electron chi connectivity index (χ3n) is 4.94. The van der Waals surface area contributed by atoms with Crippen LogP contribution in [0.1, 0.15) is 27.6 Å². The van der Waals surface area contributed by atoms with Gasteiger partial charge in [0, 0.05) is 23.5 Å². The number of amides is 2. The van der Waals surface area contributed by atoms with Crippen LogP contribution in [0.25, 0.3) is 22.1 Å². The number of carbonyl (C=O) groups excluding carboxylic acids is 2. The van der Waals surface area contributed by atoms with Crippen LogP contribution in [-0.2, 0) is 0 Å². The van der Waals surface area contributed by atoms with Crippen LogP contribution in [0.5, 0.6) is 0 Å². The molecule has 4 rings (SSSR count). The minimum Gasteiger partial charge on any atom is -0.464 e. The fourth-order valence-electron chi connectivity index (χ4n) is 3.44. The summed E-state index contributed by atoms with van der Waals surface area (Å²) in [6.07, 6.45) is 1.56. The van der Waals surface area contributed by atoms with E-state index in [1.165, 1.54) is 0 Å². The molecule has 150 valence electrons. The largest absolute Gasteiger partial charge is 0.464 e. The Hall–Kier alpha value is -3.86. The SMILES string of the molecule is CC(CNC(=O)c1cccc2occc12)NC(=O)c1ccccc1-c1ccccc1. The summed E-state index contributed by atoms with van der Waals surface area (Å²) in [6.45, 7) is 2.17. The van der Waals surface area contributed by atoms with Crippen LogP contribution in [-0.4, -0.2) is 24.4 Å². The van der Waals surface area contributed by atoms with Gasteiger partial charge in [-0.15, -0.1) is 0 Å². The summed E-state index contributed by atoms with van der Waals surface area (Å²) in [5, 5.41) is 6.63. The van der Waals surface area contributed by atoms with Crippen LogP contribution in [0.3, 0.4) is 0 Å². The van der Waals surface area contributed by atoms with Crippen molar-refractivity contribution in [1.29, 1.82) is 0 Å². The molecule has 0 aliphatic heterocycles. The zero-order chi connectivity index (χ0) is 20.9. The van der Waals surface area contributed by atoms with E-state index in [-0.39, 0.29) is 17.9 Å². The number of fused-ring (bicyclic) bond motifs is 1. The van der Waals surface area contributed by atoms with Crippen molar-refractivity contribution in [2.24, 2.45) is 0 Å². The molecule has 2 amide bonds. The lowest BCUT2D eigenvalue weighted by atomic mass is 9.99. The molecule has 0 spiro atoms. The van der Waals surface area contributed by atoms with Crippen LogP contribution in [0.4, 0.5) is 0 Å². The average Bonchev–Trinajstić information content (AvgIpc) is 3.27. The minimum atomic E-state index is -0.242. The molecule has 2 N–H and O–H groups in total. The second-order valence-corrected chi connectivity index (χ2v) is 7.13. The molecule has 0 fully saturated rings. The van der Waals surface area contributed by atoms with E-state index >= 15 is 0 Å². The second-order valence-electron chi connectivity index (χ2n) is 7.13. The molecular weight excluding hydrogens is 376 g/mol. The Morgan fingerprint density at radius 2 is 1.57 bits per heavy atom. The van der Waals surface area contributed by atoms with Gasteiger partial charge in [-0.1, -0.05) is 54.6 Å². The Balaban J connectivity index is 1.41. The van der Waals surface area contributed by atoms with E-state index in [2.05, 4.69) is 10.6 Å². The van der Waals surface area contributed by atoms with Crippen molar-refractivity contribution in [1.82, 2.24) is 10.6 Å². The highest BCUT2D eigenvalue weighted by Gasteiger charge is 2.16. The van der Waals surface area contributed by atoms with Crippen LogP contribution >= 0.6 is 0 Å². The highest BCUT2D eigenvalue weighted by atomic mass is 16.3. The number of carbonyl (C=O) groups is 2. The highest BCUT2D eigenvalue weighted by Crippen LogP contribution is 2.23. The maximum Gasteiger partial charge on any atom is 0.252 e. The van der Waals surface area contributed by atoms with Gasteiger partial charge in [-0.2, -0.15) is 0 Å². The van der Waals surface area contributed by atoms with E-state index < -0.39 is 0 Å². The van der Waals surface area contributed by atoms with E-state index in [1.54, 1.807) is 24.5 Å². The number of nitrogens with one attached hydrogen (secondary N) is 2. The lowest BCUT2D eigenvalue weighted by Crippen LogP contribution is -2.42. The molecule has 1 aromatic heterocycles. The van der Waals surface area contributed by atoms with Crippen molar-refractivity contribution in [3.05, 3.63) is 96.3 Å². The molecule has 0 radical (unpaired) electrons. The second kappa shape index (κ2) is 8.66. The molecule has 5 nitrogen and oxygen atoms in total. The summed E-state index contributed by atoms with van der Waals surface area (Å²) in [7, 11) is 0. The molecule has 0 saturated heterocycles. The van der Waals surface area contributed by atoms with Gasteiger partial charge in [0.25, 0.3) is 11.8 Å². The van der Waals surface area contributed by atoms with E-state index in [0.717, 1.165) is 16.5 Å². The molecule has 0 bridgehead atoms. The molecule has 4 aromatic rings. The van der Waals surface area contributed by atoms with Gasteiger partial charge in [0.05, 0.1) is 11.8 Å². The minimum absolute atomic E-state index is 0.173. The Bertz CT molecular complexity index is 1180. The lowest BCUT2D eigenvalue weighted by Gasteiger charge is -2.17. The lowest BCUT2D eigenvalue weighted by molar-refractivity contribution is 0.0913. The Labute approximate surface area is 174 Å². The van der Waals surface area contributed by atoms with Gasteiger partial charge in [-0.3, -0.25) is 9.59 Å².